The number of para-hydroxylation sites is 1. The van der Waals surface area contributed by atoms with Gasteiger partial charge in [-0.05, 0) is 34.0 Å². The summed E-state index contributed by atoms with van der Waals surface area (Å²) in [5.41, 5.74) is 0.314. The van der Waals surface area contributed by atoms with E-state index in [0.29, 0.717) is 17.6 Å². The summed E-state index contributed by atoms with van der Waals surface area (Å²) >= 11 is 3.15. The van der Waals surface area contributed by atoms with Crippen LogP contribution in [0, 0.1) is 0 Å². The molecule has 0 amide bonds. The summed E-state index contributed by atoms with van der Waals surface area (Å²) in [6, 6.07) is 7.86. The Bertz CT molecular complexity index is 751. The molecule has 1 aromatic carbocycles. The van der Waals surface area contributed by atoms with Crippen molar-refractivity contribution < 1.29 is 4.74 Å². The van der Waals surface area contributed by atoms with Crippen molar-refractivity contribution in [3.63, 3.8) is 0 Å². The number of ether oxygens (including phenoxy) is 1. The molecule has 2 aromatic rings. The minimum atomic E-state index is -0.404. The van der Waals surface area contributed by atoms with Gasteiger partial charge in [0.05, 0.1) is 11.1 Å². The second kappa shape index (κ2) is 5.28. The molecule has 1 aliphatic rings. The molecule has 0 spiro atoms. The number of aromatic amines is 1. The van der Waals surface area contributed by atoms with Gasteiger partial charge in [-0.2, -0.15) is 0 Å². The van der Waals surface area contributed by atoms with Crippen LogP contribution >= 0.6 is 15.9 Å². The van der Waals surface area contributed by atoms with E-state index >= 15 is 0 Å². The standard InChI is InChI=1S/C14H13BrN2O3/c15-11-8-17(14(19)16-13(11)18)7-9-5-6-20-12-4-2-1-3-10(9)12/h1-4,8-9H,5-7H2,(H,16,18,19). The molecule has 2 heterocycles. The van der Waals surface area contributed by atoms with Gasteiger partial charge in [0.25, 0.3) is 5.56 Å². The first-order valence-electron chi connectivity index (χ1n) is 6.36. The fourth-order valence-electron chi connectivity index (χ4n) is 2.46. The van der Waals surface area contributed by atoms with Crippen molar-refractivity contribution in [2.45, 2.75) is 18.9 Å². The second-order valence-electron chi connectivity index (χ2n) is 4.76. The first kappa shape index (κ1) is 13.2. The van der Waals surface area contributed by atoms with Crippen molar-refractivity contribution >= 4 is 15.9 Å². The Balaban J connectivity index is 1.95. The van der Waals surface area contributed by atoms with E-state index in [1.807, 2.05) is 24.3 Å². The first-order chi connectivity index (χ1) is 9.65. The minimum absolute atomic E-state index is 0.204. The van der Waals surface area contributed by atoms with Gasteiger partial charge in [0.2, 0.25) is 0 Å². The number of nitrogens with zero attached hydrogens (tertiary/aromatic N) is 1. The molecule has 0 radical (unpaired) electrons. The van der Waals surface area contributed by atoms with Gasteiger partial charge in [0.1, 0.15) is 5.75 Å². The maximum atomic E-state index is 11.8. The van der Waals surface area contributed by atoms with Crippen LogP contribution in [0.3, 0.4) is 0 Å². The molecule has 104 valence electrons. The first-order valence-corrected chi connectivity index (χ1v) is 7.15. The third kappa shape index (κ3) is 2.43. The summed E-state index contributed by atoms with van der Waals surface area (Å²) in [5, 5.41) is 0. The monoisotopic (exact) mass is 336 g/mol. The lowest BCUT2D eigenvalue weighted by Gasteiger charge is -2.26. The van der Waals surface area contributed by atoms with E-state index in [1.165, 1.54) is 4.57 Å². The topological polar surface area (TPSA) is 64.1 Å². The van der Waals surface area contributed by atoms with Crippen molar-refractivity contribution in [1.82, 2.24) is 9.55 Å². The molecule has 1 N–H and O–H groups in total. The Labute approximate surface area is 123 Å². The van der Waals surface area contributed by atoms with E-state index in [9.17, 15) is 9.59 Å². The number of hydrogen-bond acceptors (Lipinski definition) is 3. The van der Waals surface area contributed by atoms with E-state index < -0.39 is 5.56 Å². The molecule has 0 fully saturated rings. The van der Waals surface area contributed by atoms with E-state index in [2.05, 4.69) is 20.9 Å². The number of fused-ring (bicyclic) bond motifs is 1. The Hall–Kier alpha value is -1.82. The maximum absolute atomic E-state index is 11.8. The summed E-state index contributed by atoms with van der Waals surface area (Å²) in [7, 11) is 0. The van der Waals surface area contributed by atoms with Crippen molar-refractivity contribution in [2.24, 2.45) is 0 Å². The molecule has 1 atom stereocenters. The average molecular weight is 337 g/mol. The zero-order valence-electron chi connectivity index (χ0n) is 10.6. The Morgan fingerprint density at radius 2 is 2.15 bits per heavy atom. The highest BCUT2D eigenvalue weighted by atomic mass is 79.9. The van der Waals surface area contributed by atoms with E-state index in [4.69, 9.17) is 4.74 Å². The van der Waals surface area contributed by atoms with Crippen molar-refractivity contribution in [3.05, 3.63) is 61.3 Å². The van der Waals surface area contributed by atoms with Crippen LogP contribution in [-0.2, 0) is 6.54 Å². The van der Waals surface area contributed by atoms with E-state index in [1.54, 1.807) is 6.20 Å². The van der Waals surface area contributed by atoms with Crippen LogP contribution in [0.4, 0.5) is 0 Å². The Morgan fingerprint density at radius 3 is 3.00 bits per heavy atom. The van der Waals surface area contributed by atoms with Gasteiger partial charge in [0.15, 0.2) is 0 Å². The highest BCUT2D eigenvalue weighted by Crippen LogP contribution is 2.34. The van der Waals surface area contributed by atoms with Crippen molar-refractivity contribution in [2.75, 3.05) is 6.61 Å². The van der Waals surface area contributed by atoms with Crippen molar-refractivity contribution in [3.8, 4) is 5.75 Å². The van der Waals surface area contributed by atoms with Crippen molar-refractivity contribution in [1.29, 1.82) is 0 Å². The number of aromatic nitrogens is 2. The molecule has 0 saturated carbocycles. The summed E-state index contributed by atoms with van der Waals surface area (Å²) in [4.78, 5) is 25.5. The maximum Gasteiger partial charge on any atom is 0.328 e. The minimum Gasteiger partial charge on any atom is -0.493 e. The van der Waals surface area contributed by atoms with Crippen LogP contribution in [-0.4, -0.2) is 16.2 Å². The van der Waals surface area contributed by atoms with Crippen LogP contribution in [0.1, 0.15) is 17.9 Å². The molecular formula is C14H13BrN2O3. The molecule has 0 saturated heterocycles. The molecule has 6 heteroatoms. The molecular weight excluding hydrogens is 324 g/mol. The number of nitrogens with one attached hydrogen (secondary N) is 1. The smallest absolute Gasteiger partial charge is 0.328 e. The molecule has 20 heavy (non-hydrogen) atoms. The van der Waals surface area contributed by atoms with Crippen LogP contribution in [0.15, 0.2) is 44.5 Å². The molecule has 5 nitrogen and oxygen atoms in total. The van der Waals surface area contributed by atoms with Crippen LogP contribution in [0.2, 0.25) is 0 Å². The summed E-state index contributed by atoms with van der Waals surface area (Å²) in [5.74, 6) is 1.08. The van der Waals surface area contributed by atoms with Gasteiger partial charge in [-0.15, -0.1) is 0 Å². The number of hydrogen-bond donors (Lipinski definition) is 1. The Morgan fingerprint density at radius 1 is 1.35 bits per heavy atom. The van der Waals surface area contributed by atoms with Gasteiger partial charge in [-0.1, -0.05) is 18.2 Å². The third-order valence-corrected chi connectivity index (χ3v) is 4.03. The van der Waals surface area contributed by atoms with Gasteiger partial charge < -0.3 is 4.74 Å². The molecule has 1 aliphatic heterocycles. The zero-order chi connectivity index (χ0) is 14.1. The quantitative estimate of drug-likeness (QED) is 0.910. The normalized spacial score (nSPS) is 17.4. The molecule has 1 aromatic heterocycles. The fraction of sp³-hybridized carbons (Fsp3) is 0.286. The van der Waals surface area contributed by atoms with E-state index in [-0.39, 0.29) is 11.6 Å². The van der Waals surface area contributed by atoms with Gasteiger partial charge in [-0.3, -0.25) is 14.3 Å². The number of halogens is 1. The predicted octanol–water partition coefficient (Wildman–Crippen LogP) is 1.87. The van der Waals surface area contributed by atoms with Crippen LogP contribution in [0.5, 0.6) is 5.75 Å². The number of benzene rings is 1. The largest absolute Gasteiger partial charge is 0.493 e. The lowest BCUT2D eigenvalue weighted by Crippen LogP contribution is -2.32. The fourth-order valence-corrected chi connectivity index (χ4v) is 2.81. The summed E-state index contributed by atoms with van der Waals surface area (Å²) in [6.45, 7) is 1.16. The number of rotatable bonds is 2. The molecule has 1 unspecified atom stereocenters. The molecule has 0 bridgehead atoms. The van der Waals surface area contributed by atoms with Gasteiger partial charge >= 0.3 is 5.69 Å². The summed E-state index contributed by atoms with van der Waals surface area (Å²) < 4.78 is 7.49. The average Bonchev–Trinajstić information content (AvgIpc) is 2.45. The highest BCUT2D eigenvalue weighted by molar-refractivity contribution is 9.10. The third-order valence-electron chi connectivity index (χ3n) is 3.47. The lowest BCUT2D eigenvalue weighted by molar-refractivity contribution is 0.258. The van der Waals surface area contributed by atoms with Crippen LogP contribution < -0.4 is 16.0 Å². The van der Waals surface area contributed by atoms with Gasteiger partial charge in [-0.25, -0.2) is 4.79 Å². The zero-order valence-corrected chi connectivity index (χ0v) is 12.2. The van der Waals surface area contributed by atoms with Gasteiger partial charge in [0, 0.05) is 18.7 Å². The predicted molar refractivity (Wildman–Crippen MR) is 78.3 cm³/mol. The molecule has 0 aliphatic carbocycles. The van der Waals surface area contributed by atoms with E-state index in [0.717, 1.165) is 17.7 Å². The Kier molecular flexibility index (Phi) is 3.48. The van der Waals surface area contributed by atoms with Crippen LogP contribution in [0.25, 0.3) is 0 Å². The second-order valence-corrected chi connectivity index (χ2v) is 5.61. The highest BCUT2D eigenvalue weighted by Gasteiger charge is 2.21. The summed E-state index contributed by atoms with van der Waals surface area (Å²) in [6.07, 6.45) is 2.39. The SMILES string of the molecule is O=c1[nH]c(=O)n(CC2CCOc3ccccc32)cc1Br. The lowest BCUT2D eigenvalue weighted by atomic mass is 9.93. The number of H-pyrrole nitrogens is 1. The molecule has 3 rings (SSSR count).